The molecule has 1 heterocycles. The van der Waals surface area contributed by atoms with Crippen LogP contribution >= 0.6 is 23.4 Å². The van der Waals surface area contributed by atoms with Gasteiger partial charge in [0.2, 0.25) is 0 Å². The Hall–Kier alpha value is -2.23. The molecule has 3 N–H and O–H groups in total. The number of anilines is 1. The van der Waals surface area contributed by atoms with Gasteiger partial charge in [0.1, 0.15) is 0 Å². The summed E-state index contributed by atoms with van der Waals surface area (Å²) in [6.07, 6.45) is -5.08. The van der Waals surface area contributed by atoms with E-state index in [9.17, 15) is 27.8 Å². The summed E-state index contributed by atoms with van der Waals surface area (Å²) < 4.78 is 57.1. The molecule has 10 heteroatoms. The van der Waals surface area contributed by atoms with E-state index in [2.05, 4.69) is 10.3 Å². The minimum absolute atomic E-state index is 0.258. The van der Waals surface area contributed by atoms with Crippen LogP contribution in [0.25, 0.3) is 10.9 Å². The number of hydrogen-bond acceptors (Lipinski definition) is 5. The number of nitrogens with zero attached hydrogens (tertiary/aromatic N) is 1. The molecule has 0 saturated heterocycles. The largest absolute Gasteiger partial charge is 0.505 e. The zero-order valence-corrected chi connectivity index (χ0v) is 18.7. The van der Waals surface area contributed by atoms with Gasteiger partial charge in [-0.2, -0.15) is 24.9 Å². The summed E-state index contributed by atoms with van der Waals surface area (Å²) in [5, 5.41) is 23.1. The smallest absolute Gasteiger partial charge is 0.420 e. The number of rotatable bonds is 7. The lowest BCUT2D eigenvalue weighted by atomic mass is 9.88. The average molecular weight is 489 g/mol. The van der Waals surface area contributed by atoms with E-state index in [4.69, 9.17) is 11.6 Å². The molecule has 2 aromatic carbocycles. The van der Waals surface area contributed by atoms with Gasteiger partial charge in [-0.15, -0.1) is 0 Å². The molecule has 0 spiro atoms. The summed E-state index contributed by atoms with van der Waals surface area (Å²) >= 11 is 6.90. The van der Waals surface area contributed by atoms with Crippen molar-refractivity contribution in [3.63, 3.8) is 0 Å². The van der Waals surface area contributed by atoms with Gasteiger partial charge in [-0.1, -0.05) is 30.7 Å². The zero-order valence-electron chi connectivity index (χ0n) is 17.2. The molecule has 0 aliphatic rings. The molecule has 2 atom stereocenters. The first-order valence-corrected chi connectivity index (χ1v) is 11.2. The molecule has 0 radical (unpaired) electrons. The van der Waals surface area contributed by atoms with E-state index >= 15 is 0 Å². The van der Waals surface area contributed by atoms with E-state index in [1.807, 2.05) is 0 Å². The van der Waals surface area contributed by atoms with Crippen molar-refractivity contribution in [2.75, 3.05) is 16.8 Å². The molecular formula is C22H21ClF4N2O2S. The van der Waals surface area contributed by atoms with Gasteiger partial charge in [-0.3, -0.25) is 4.98 Å². The first kappa shape index (κ1) is 24.4. The Bertz CT molecular complexity index is 1130. The second kappa shape index (κ2) is 9.33. The van der Waals surface area contributed by atoms with Crippen molar-refractivity contribution in [2.45, 2.75) is 31.7 Å². The quantitative estimate of drug-likeness (QED) is 0.343. The van der Waals surface area contributed by atoms with Crippen LogP contribution in [0.3, 0.4) is 0 Å². The molecule has 0 saturated carbocycles. The van der Waals surface area contributed by atoms with Gasteiger partial charge in [-0.25, -0.2) is 4.39 Å². The molecule has 2 unspecified atom stereocenters. The third-order valence-corrected chi connectivity index (χ3v) is 6.51. The van der Waals surface area contributed by atoms with Crippen molar-refractivity contribution in [1.29, 1.82) is 0 Å². The fraction of sp³-hybridized carbons (Fsp3) is 0.318. The molecule has 3 aromatic rings. The van der Waals surface area contributed by atoms with E-state index < -0.39 is 40.2 Å². The Morgan fingerprint density at radius 1 is 1.16 bits per heavy atom. The lowest BCUT2D eigenvalue weighted by Gasteiger charge is -2.39. The Kier molecular flexibility index (Phi) is 7.12. The number of aryl methyl sites for hydroxylation is 1. The monoisotopic (exact) mass is 488 g/mol. The number of pyridine rings is 1. The molecule has 1 aromatic heterocycles. The van der Waals surface area contributed by atoms with Crippen LogP contribution in [0, 0.1) is 12.7 Å². The van der Waals surface area contributed by atoms with E-state index in [0.29, 0.717) is 16.7 Å². The van der Waals surface area contributed by atoms with E-state index in [-0.39, 0.29) is 11.3 Å². The summed E-state index contributed by atoms with van der Waals surface area (Å²) in [5.41, 5.74) is -2.12. The highest BCUT2D eigenvalue weighted by Gasteiger charge is 2.59. The number of benzene rings is 2. The molecule has 0 aliphatic carbocycles. The fourth-order valence-electron chi connectivity index (χ4n) is 3.36. The molecule has 0 aliphatic heterocycles. The summed E-state index contributed by atoms with van der Waals surface area (Å²) in [6.45, 7) is 3.45. The summed E-state index contributed by atoms with van der Waals surface area (Å²) in [4.78, 5) is 4.37. The van der Waals surface area contributed by atoms with Crippen molar-refractivity contribution in [3.8, 4) is 5.75 Å². The predicted molar refractivity (Wildman–Crippen MR) is 120 cm³/mol. The van der Waals surface area contributed by atoms with Crippen molar-refractivity contribution >= 4 is 40.0 Å². The normalized spacial score (nSPS) is 14.9. The lowest BCUT2D eigenvalue weighted by molar-refractivity contribution is -0.256. The maximum Gasteiger partial charge on any atom is 0.420 e. The first-order valence-electron chi connectivity index (χ1n) is 9.66. The van der Waals surface area contributed by atoms with Gasteiger partial charge >= 0.3 is 6.18 Å². The predicted octanol–water partition coefficient (Wildman–Crippen LogP) is 6.24. The summed E-state index contributed by atoms with van der Waals surface area (Å²) in [5.74, 6) is -2.47. The minimum atomic E-state index is -5.08. The van der Waals surface area contributed by atoms with Gasteiger partial charge in [-0.05, 0) is 48.6 Å². The topological polar surface area (TPSA) is 65.4 Å². The van der Waals surface area contributed by atoms with E-state index in [1.165, 1.54) is 0 Å². The van der Waals surface area contributed by atoms with Crippen LogP contribution in [0.15, 0.2) is 42.5 Å². The third kappa shape index (κ3) is 4.60. The molecule has 4 nitrogen and oxygen atoms in total. The highest BCUT2D eigenvalue weighted by atomic mass is 35.5. The van der Waals surface area contributed by atoms with Crippen LogP contribution in [-0.2, 0) is 0 Å². The molecule has 172 valence electrons. The summed E-state index contributed by atoms with van der Waals surface area (Å²) in [7, 11) is 0. The Morgan fingerprint density at radius 3 is 2.53 bits per heavy atom. The maximum atomic E-state index is 14.3. The van der Waals surface area contributed by atoms with Crippen LogP contribution < -0.4 is 5.32 Å². The molecular weight excluding hydrogens is 468 g/mol. The van der Waals surface area contributed by atoms with E-state index in [1.54, 1.807) is 44.2 Å². The second-order valence-electron chi connectivity index (χ2n) is 7.26. The van der Waals surface area contributed by atoms with Crippen molar-refractivity contribution < 1.29 is 27.8 Å². The van der Waals surface area contributed by atoms with Crippen LogP contribution in [0.5, 0.6) is 5.75 Å². The molecule has 32 heavy (non-hydrogen) atoms. The number of fused-ring (bicyclic) bond motifs is 1. The second-order valence-corrected chi connectivity index (χ2v) is 8.92. The number of halogens is 5. The number of aromatic nitrogens is 1. The first-order chi connectivity index (χ1) is 15.0. The Labute approximate surface area is 191 Å². The number of phenols is 1. The number of hydrogen-bond donors (Lipinski definition) is 3. The van der Waals surface area contributed by atoms with Crippen LogP contribution in [0.4, 0.5) is 23.2 Å². The maximum absolute atomic E-state index is 14.3. The number of alkyl halides is 3. The number of nitrogens with one attached hydrogen (secondary N) is 1. The molecule has 0 amide bonds. The van der Waals surface area contributed by atoms with Gasteiger partial charge in [0, 0.05) is 22.5 Å². The van der Waals surface area contributed by atoms with Gasteiger partial charge in [0.05, 0.1) is 16.6 Å². The Morgan fingerprint density at radius 2 is 1.88 bits per heavy atom. The number of thioether (sulfide) groups is 1. The minimum Gasteiger partial charge on any atom is -0.505 e. The number of aliphatic hydroxyl groups is 1. The van der Waals surface area contributed by atoms with Crippen molar-refractivity contribution in [1.82, 2.24) is 4.98 Å². The summed E-state index contributed by atoms with van der Waals surface area (Å²) in [6, 6.07) is 8.36. The van der Waals surface area contributed by atoms with Crippen LogP contribution in [0.2, 0.25) is 5.02 Å². The van der Waals surface area contributed by atoms with Gasteiger partial charge in [0.15, 0.2) is 17.2 Å². The number of phenolic OH excluding ortho intramolecular Hbond substituents is 1. The highest BCUT2D eigenvalue weighted by Crippen LogP contribution is 2.47. The van der Waals surface area contributed by atoms with Crippen LogP contribution in [0.1, 0.15) is 24.2 Å². The fourth-order valence-corrected chi connectivity index (χ4v) is 4.47. The van der Waals surface area contributed by atoms with Crippen molar-refractivity contribution in [2.24, 2.45) is 0 Å². The molecule has 3 rings (SSSR count). The standard InChI is InChI=1S/C22H21ClF4N2O2S/c1-3-32-11-21(31,22(25,26)27)20(14-9-10-17(30)19(24)18(14)23)29-16-6-4-5-15-13(16)8-7-12(2)28-15/h4-10,20,29-31H,3,11H2,1-2H3. The van der Waals surface area contributed by atoms with Crippen LogP contribution in [-0.4, -0.2) is 38.5 Å². The van der Waals surface area contributed by atoms with E-state index in [0.717, 1.165) is 29.6 Å². The average Bonchev–Trinajstić information content (AvgIpc) is 2.73. The number of aromatic hydroxyl groups is 1. The Balaban J connectivity index is 2.23. The van der Waals surface area contributed by atoms with Gasteiger partial charge < -0.3 is 15.5 Å². The van der Waals surface area contributed by atoms with Crippen molar-refractivity contribution in [3.05, 3.63) is 64.6 Å². The highest BCUT2D eigenvalue weighted by molar-refractivity contribution is 7.99. The lowest BCUT2D eigenvalue weighted by Crippen LogP contribution is -2.54. The zero-order chi connectivity index (χ0) is 23.7. The SMILES string of the molecule is CCSCC(O)(C(Nc1cccc2nc(C)ccc12)c1ccc(O)c(F)c1Cl)C(F)(F)F. The molecule has 0 bridgehead atoms. The van der Waals surface area contributed by atoms with Gasteiger partial charge in [0.25, 0.3) is 0 Å². The third-order valence-electron chi connectivity index (χ3n) is 5.07. The molecule has 0 fully saturated rings.